The maximum absolute atomic E-state index is 11.1. The Hall–Kier alpha value is -2.11. The quantitative estimate of drug-likeness (QED) is 0.669. The van der Waals surface area contributed by atoms with Gasteiger partial charge in [0, 0.05) is 22.9 Å². The molecule has 3 aromatic rings. The SMILES string of the molecule is COc1cccc2[nH]c3c([C@H]4[C@H](C(C)(C)O)CC[C@]4(C)O)nccc3c12. The molecule has 5 nitrogen and oxygen atoms in total. The standard InChI is InChI=1S/C21H26N2O3/c1-20(2,24)13-8-10-21(3,25)17(13)19-18-12(9-11-22-19)16-14(23-18)6-5-7-15(16)26-4/h5-7,9,11,13,17,23-25H,8,10H2,1-4H3/t13-,17-,21+/m1/s1. The van der Waals surface area contributed by atoms with Crippen molar-refractivity contribution in [2.24, 2.45) is 5.92 Å². The van der Waals surface area contributed by atoms with Gasteiger partial charge in [-0.1, -0.05) is 6.07 Å². The summed E-state index contributed by atoms with van der Waals surface area (Å²) in [7, 11) is 1.67. The van der Waals surface area contributed by atoms with Crippen molar-refractivity contribution in [1.29, 1.82) is 0 Å². The normalized spacial score (nSPS) is 26.7. The van der Waals surface area contributed by atoms with E-state index in [2.05, 4.69) is 9.97 Å². The molecule has 0 amide bonds. The zero-order valence-electron chi connectivity index (χ0n) is 15.7. The molecular formula is C21H26N2O3. The van der Waals surface area contributed by atoms with E-state index in [1.165, 1.54) is 0 Å². The van der Waals surface area contributed by atoms with E-state index in [0.29, 0.717) is 6.42 Å². The number of H-pyrrole nitrogens is 1. The van der Waals surface area contributed by atoms with Crippen molar-refractivity contribution < 1.29 is 14.9 Å². The second-order valence-corrected chi connectivity index (χ2v) is 8.26. The van der Waals surface area contributed by atoms with E-state index in [-0.39, 0.29) is 11.8 Å². The molecule has 3 N–H and O–H groups in total. The Kier molecular flexibility index (Phi) is 3.79. The molecule has 1 saturated carbocycles. The van der Waals surface area contributed by atoms with E-state index in [0.717, 1.165) is 39.7 Å². The van der Waals surface area contributed by atoms with Crippen LogP contribution < -0.4 is 4.74 Å². The lowest BCUT2D eigenvalue weighted by Crippen LogP contribution is -2.39. The van der Waals surface area contributed by atoms with Crippen LogP contribution in [0.5, 0.6) is 5.75 Å². The molecular weight excluding hydrogens is 328 g/mol. The number of methoxy groups -OCH3 is 1. The average molecular weight is 354 g/mol. The fraction of sp³-hybridized carbons (Fsp3) is 0.476. The van der Waals surface area contributed by atoms with Gasteiger partial charge < -0.3 is 19.9 Å². The van der Waals surface area contributed by atoms with E-state index < -0.39 is 11.2 Å². The molecule has 0 bridgehead atoms. The van der Waals surface area contributed by atoms with Gasteiger partial charge in [-0.2, -0.15) is 0 Å². The van der Waals surface area contributed by atoms with Crippen molar-refractivity contribution in [3.63, 3.8) is 0 Å². The van der Waals surface area contributed by atoms with Crippen LogP contribution in [0, 0.1) is 5.92 Å². The number of aliphatic hydroxyl groups is 2. The average Bonchev–Trinajstić information content (AvgIpc) is 3.11. The summed E-state index contributed by atoms with van der Waals surface area (Å²) < 4.78 is 5.55. The van der Waals surface area contributed by atoms with Gasteiger partial charge in [-0.3, -0.25) is 4.98 Å². The predicted octanol–water partition coefficient (Wildman–Crippen LogP) is 3.74. The Morgan fingerprint density at radius 1 is 1.31 bits per heavy atom. The number of aromatic amines is 1. The third-order valence-corrected chi connectivity index (χ3v) is 5.99. The Bertz CT molecular complexity index is 968. The molecule has 1 aliphatic rings. The maximum Gasteiger partial charge on any atom is 0.128 e. The second-order valence-electron chi connectivity index (χ2n) is 8.26. The fourth-order valence-corrected chi connectivity index (χ4v) is 4.72. The van der Waals surface area contributed by atoms with Crippen molar-refractivity contribution >= 4 is 21.8 Å². The number of benzene rings is 1. The molecule has 1 aromatic carbocycles. The molecule has 138 valence electrons. The Labute approximate surface area is 153 Å². The number of aromatic nitrogens is 2. The molecule has 0 saturated heterocycles. The van der Waals surface area contributed by atoms with Gasteiger partial charge in [-0.25, -0.2) is 0 Å². The molecule has 26 heavy (non-hydrogen) atoms. The predicted molar refractivity (Wildman–Crippen MR) is 103 cm³/mol. The highest BCUT2D eigenvalue weighted by molar-refractivity contribution is 6.11. The van der Waals surface area contributed by atoms with Crippen LogP contribution in [0.15, 0.2) is 30.5 Å². The third kappa shape index (κ3) is 2.49. The Morgan fingerprint density at radius 2 is 2.08 bits per heavy atom. The number of fused-ring (bicyclic) bond motifs is 3. The van der Waals surface area contributed by atoms with Crippen molar-refractivity contribution in [2.75, 3.05) is 7.11 Å². The van der Waals surface area contributed by atoms with E-state index in [9.17, 15) is 10.2 Å². The summed E-state index contributed by atoms with van der Waals surface area (Å²) >= 11 is 0. The van der Waals surface area contributed by atoms with Crippen LogP contribution in [-0.4, -0.2) is 38.5 Å². The molecule has 2 aromatic heterocycles. The summed E-state index contributed by atoms with van der Waals surface area (Å²) in [5.41, 5.74) is 0.904. The summed E-state index contributed by atoms with van der Waals surface area (Å²) in [4.78, 5) is 8.13. The summed E-state index contributed by atoms with van der Waals surface area (Å²) in [5, 5.41) is 23.8. The maximum atomic E-state index is 11.1. The lowest BCUT2D eigenvalue weighted by Gasteiger charge is -2.35. The van der Waals surface area contributed by atoms with Gasteiger partial charge in [0.2, 0.25) is 0 Å². The van der Waals surface area contributed by atoms with Crippen molar-refractivity contribution in [1.82, 2.24) is 9.97 Å². The summed E-state index contributed by atoms with van der Waals surface area (Å²) in [6.45, 7) is 5.49. The van der Waals surface area contributed by atoms with E-state index in [1.807, 2.05) is 45.0 Å². The minimum absolute atomic E-state index is 0.0658. The number of rotatable bonds is 3. The van der Waals surface area contributed by atoms with Crippen LogP contribution in [0.2, 0.25) is 0 Å². The number of hydrogen-bond donors (Lipinski definition) is 3. The molecule has 4 rings (SSSR count). The van der Waals surface area contributed by atoms with E-state index in [4.69, 9.17) is 4.74 Å². The number of nitrogens with zero attached hydrogens (tertiary/aromatic N) is 1. The molecule has 0 radical (unpaired) electrons. The lowest BCUT2D eigenvalue weighted by molar-refractivity contribution is -0.0190. The van der Waals surface area contributed by atoms with E-state index in [1.54, 1.807) is 13.3 Å². The minimum Gasteiger partial charge on any atom is -0.496 e. The van der Waals surface area contributed by atoms with Gasteiger partial charge in [0.05, 0.1) is 35.0 Å². The molecule has 5 heteroatoms. The first-order valence-electron chi connectivity index (χ1n) is 9.12. The van der Waals surface area contributed by atoms with Gasteiger partial charge >= 0.3 is 0 Å². The number of pyridine rings is 1. The zero-order valence-corrected chi connectivity index (χ0v) is 15.7. The smallest absolute Gasteiger partial charge is 0.128 e. The number of ether oxygens (including phenoxy) is 1. The van der Waals surface area contributed by atoms with Gasteiger partial charge in [0.15, 0.2) is 0 Å². The summed E-state index contributed by atoms with van der Waals surface area (Å²) in [6, 6.07) is 7.89. The van der Waals surface area contributed by atoms with Crippen molar-refractivity contribution in [2.45, 2.75) is 50.7 Å². The second kappa shape index (κ2) is 5.69. The Morgan fingerprint density at radius 3 is 2.77 bits per heavy atom. The Balaban J connectivity index is 2.00. The molecule has 0 aliphatic heterocycles. The fourth-order valence-electron chi connectivity index (χ4n) is 4.72. The molecule has 2 heterocycles. The summed E-state index contributed by atoms with van der Waals surface area (Å²) in [5.74, 6) is 0.497. The first-order chi connectivity index (χ1) is 12.2. The van der Waals surface area contributed by atoms with Crippen LogP contribution in [-0.2, 0) is 0 Å². The van der Waals surface area contributed by atoms with Crippen molar-refractivity contribution in [3.05, 3.63) is 36.2 Å². The highest BCUT2D eigenvalue weighted by Crippen LogP contribution is 2.52. The highest BCUT2D eigenvalue weighted by atomic mass is 16.5. The molecule has 1 aliphatic carbocycles. The minimum atomic E-state index is -0.909. The van der Waals surface area contributed by atoms with Crippen LogP contribution in [0.4, 0.5) is 0 Å². The van der Waals surface area contributed by atoms with Crippen LogP contribution in [0.25, 0.3) is 21.8 Å². The first kappa shape index (κ1) is 17.3. The lowest BCUT2D eigenvalue weighted by atomic mass is 9.76. The number of hydrogen-bond acceptors (Lipinski definition) is 4. The molecule has 1 fully saturated rings. The summed E-state index contributed by atoms with van der Waals surface area (Å²) in [6.07, 6.45) is 3.20. The first-order valence-corrected chi connectivity index (χ1v) is 9.12. The van der Waals surface area contributed by atoms with Crippen LogP contribution >= 0.6 is 0 Å². The van der Waals surface area contributed by atoms with E-state index >= 15 is 0 Å². The largest absolute Gasteiger partial charge is 0.496 e. The number of nitrogens with one attached hydrogen (secondary N) is 1. The molecule has 0 spiro atoms. The third-order valence-electron chi connectivity index (χ3n) is 5.99. The monoisotopic (exact) mass is 354 g/mol. The van der Waals surface area contributed by atoms with Gasteiger partial charge in [0.25, 0.3) is 0 Å². The topological polar surface area (TPSA) is 78.4 Å². The van der Waals surface area contributed by atoms with Crippen molar-refractivity contribution in [3.8, 4) is 5.75 Å². The van der Waals surface area contributed by atoms with Crippen LogP contribution in [0.1, 0.15) is 45.2 Å². The van der Waals surface area contributed by atoms with Gasteiger partial charge in [0.1, 0.15) is 5.75 Å². The van der Waals surface area contributed by atoms with Gasteiger partial charge in [-0.15, -0.1) is 0 Å². The molecule has 3 atom stereocenters. The van der Waals surface area contributed by atoms with Gasteiger partial charge in [-0.05, 0) is 57.7 Å². The molecule has 0 unspecified atom stereocenters. The zero-order chi connectivity index (χ0) is 18.7. The van der Waals surface area contributed by atoms with Crippen LogP contribution in [0.3, 0.4) is 0 Å². The highest BCUT2D eigenvalue weighted by Gasteiger charge is 2.51.